The number of rotatable bonds is 4. The summed E-state index contributed by atoms with van der Waals surface area (Å²) in [5, 5.41) is 15.2. The Labute approximate surface area is 188 Å². The number of hydrogen-bond acceptors (Lipinski definition) is 5. The minimum Gasteiger partial charge on any atom is -0.370 e. The summed E-state index contributed by atoms with van der Waals surface area (Å²) < 4.78 is 1.82. The summed E-state index contributed by atoms with van der Waals surface area (Å²) in [4.78, 5) is 15.1. The van der Waals surface area contributed by atoms with E-state index in [0.29, 0.717) is 16.8 Å². The third-order valence-electron chi connectivity index (χ3n) is 5.33. The van der Waals surface area contributed by atoms with Gasteiger partial charge in [0.2, 0.25) is 0 Å². The molecule has 0 radical (unpaired) electrons. The molecule has 0 aliphatic carbocycles. The maximum atomic E-state index is 12.8. The van der Waals surface area contributed by atoms with Crippen LogP contribution in [0.3, 0.4) is 0 Å². The summed E-state index contributed by atoms with van der Waals surface area (Å²) in [6, 6.07) is 5.96. The van der Waals surface area contributed by atoms with Gasteiger partial charge in [0.15, 0.2) is 5.69 Å². The Hall–Kier alpha value is -1.54. The van der Waals surface area contributed by atoms with Gasteiger partial charge in [-0.3, -0.25) is 4.79 Å². The number of halogens is 3. The van der Waals surface area contributed by atoms with Gasteiger partial charge in [-0.1, -0.05) is 16.8 Å². The first kappa shape index (κ1) is 23.7. The molecule has 2 aromatic rings. The van der Waals surface area contributed by atoms with Crippen molar-refractivity contribution in [2.24, 2.45) is 0 Å². The number of piperidine rings is 2. The standard InChI is InChI=1S/C19H25ClN6O.2ClH/c20-14-4-5-18(25-10-2-1-3-11-25)16(12-14)22-19(27)17-13-26(24-23-17)15-6-8-21-9-7-15;;/h4-5,12-13,15,21H,1-3,6-11H2,(H,22,27);2*1H. The Kier molecular flexibility index (Phi) is 9.02. The van der Waals surface area contributed by atoms with Crippen molar-refractivity contribution in [1.82, 2.24) is 20.3 Å². The summed E-state index contributed by atoms with van der Waals surface area (Å²) in [6.07, 6.45) is 7.33. The van der Waals surface area contributed by atoms with E-state index < -0.39 is 0 Å². The van der Waals surface area contributed by atoms with Gasteiger partial charge in [0.05, 0.1) is 23.6 Å². The second-order valence-corrected chi connectivity index (χ2v) is 7.66. The Morgan fingerprint density at radius 2 is 1.86 bits per heavy atom. The van der Waals surface area contributed by atoms with E-state index in [2.05, 4.69) is 25.8 Å². The quantitative estimate of drug-likeness (QED) is 0.721. The first-order chi connectivity index (χ1) is 13.2. The zero-order chi connectivity index (χ0) is 18.6. The van der Waals surface area contributed by atoms with E-state index >= 15 is 0 Å². The monoisotopic (exact) mass is 460 g/mol. The molecule has 160 valence electrons. The molecule has 2 aliphatic heterocycles. The number of nitrogens with one attached hydrogen (secondary N) is 2. The van der Waals surface area contributed by atoms with Gasteiger partial charge < -0.3 is 15.5 Å². The summed E-state index contributed by atoms with van der Waals surface area (Å²) in [6.45, 7) is 3.92. The van der Waals surface area contributed by atoms with Gasteiger partial charge in [0.1, 0.15) is 0 Å². The molecule has 7 nitrogen and oxygen atoms in total. The topological polar surface area (TPSA) is 75.1 Å². The van der Waals surface area contributed by atoms with Crippen molar-refractivity contribution < 1.29 is 4.79 Å². The van der Waals surface area contributed by atoms with Crippen LogP contribution in [-0.4, -0.2) is 47.1 Å². The van der Waals surface area contributed by atoms with Gasteiger partial charge in [-0.05, 0) is 63.4 Å². The van der Waals surface area contributed by atoms with Crippen LogP contribution in [0.25, 0.3) is 0 Å². The lowest BCUT2D eigenvalue weighted by Gasteiger charge is -2.30. The molecule has 2 aliphatic rings. The van der Waals surface area contributed by atoms with Crippen molar-refractivity contribution in [3.05, 3.63) is 35.1 Å². The third-order valence-corrected chi connectivity index (χ3v) is 5.56. The molecule has 1 aromatic heterocycles. The zero-order valence-corrected chi connectivity index (χ0v) is 18.5. The lowest BCUT2D eigenvalue weighted by atomic mass is 10.1. The van der Waals surface area contributed by atoms with Crippen molar-refractivity contribution in [3.8, 4) is 0 Å². The molecular formula is C19H27Cl3N6O. The number of benzene rings is 1. The number of nitrogens with zero attached hydrogens (tertiary/aromatic N) is 4. The Morgan fingerprint density at radius 3 is 2.59 bits per heavy atom. The molecule has 2 saturated heterocycles. The van der Waals surface area contributed by atoms with Crippen molar-refractivity contribution >= 4 is 53.7 Å². The van der Waals surface area contributed by atoms with Crippen LogP contribution in [0.5, 0.6) is 0 Å². The summed E-state index contributed by atoms with van der Waals surface area (Å²) in [7, 11) is 0. The molecule has 0 saturated carbocycles. The number of hydrogen-bond donors (Lipinski definition) is 2. The van der Waals surface area contributed by atoms with E-state index in [1.165, 1.54) is 19.3 Å². The molecule has 2 fully saturated rings. The van der Waals surface area contributed by atoms with Crippen molar-refractivity contribution in [2.45, 2.75) is 38.1 Å². The lowest BCUT2D eigenvalue weighted by molar-refractivity contribution is 0.102. The highest BCUT2D eigenvalue weighted by Crippen LogP contribution is 2.31. The minimum absolute atomic E-state index is 0. The number of carbonyl (C=O) groups is 1. The van der Waals surface area contributed by atoms with Crippen LogP contribution in [-0.2, 0) is 0 Å². The molecule has 1 amide bonds. The van der Waals surface area contributed by atoms with E-state index in [-0.39, 0.29) is 30.7 Å². The SMILES string of the molecule is Cl.Cl.O=C(Nc1cc(Cl)ccc1N1CCCCC1)c1cn(C2CCNCC2)nn1. The van der Waals surface area contributed by atoms with Gasteiger partial charge in [0.25, 0.3) is 5.91 Å². The predicted molar refractivity (Wildman–Crippen MR) is 121 cm³/mol. The fourth-order valence-electron chi connectivity index (χ4n) is 3.84. The average molecular weight is 462 g/mol. The average Bonchev–Trinajstić information content (AvgIpc) is 3.20. The van der Waals surface area contributed by atoms with E-state index in [9.17, 15) is 4.79 Å². The lowest BCUT2D eigenvalue weighted by Crippen LogP contribution is -2.30. The second kappa shape index (κ2) is 11.0. The van der Waals surface area contributed by atoms with E-state index in [4.69, 9.17) is 11.6 Å². The summed E-state index contributed by atoms with van der Waals surface area (Å²) >= 11 is 6.18. The fraction of sp³-hybridized carbons (Fsp3) is 0.526. The number of aromatic nitrogens is 3. The fourth-order valence-corrected chi connectivity index (χ4v) is 4.01. The van der Waals surface area contributed by atoms with Gasteiger partial charge in [-0.2, -0.15) is 0 Å². The van der Waals surface area contributed by atoms with Crippen molar-refractivity contribution in [2.75, 3.05) is 36.4 Å². The summed E-state index contributed by atoms with van der Waals surface area (Å²) in [5.74, 6) is -0.254. The summed E-state index contributed by atoms with van der Waals surface area (Å²) in [5.41, 5.74) is 2.07. The third kappa shape index (κ3) is 5.75. The van der Waals surface area contributed by atoms with Gasteiger partial charge >= 0.3 is 0 Å². The van der Waals surface area contributed by atoms with E-state index in [1.807, 2.05) is 16.8 Å². The molecule has 0 spiro atoms. The van der Waals surface area contributed by atoms with Crippen LogP contribution in [0.4, 0.5) is 11.4 Å². The Bertz CT molecular complexity index is 803. The highest BCUT2D eigenvalue weighted by Gasteiger charge is 2.21. The molecule has 0 unspecified atom stereocenters. The van der Waals surface area contributed by atoms with Crippen LogP contribution < -0.4 is 15.5 Å². The molecule has 0 atom stereocenters. The number of amides is 1. The first-order valence-corrected chi connectivity index (χ1v) is 10.1. The van der Waals surface area contributed by atoms with Gasteiger partial charge in [-0.15, -0.1) is 29.9 Å². The number of anilines is 2. The minimum atomic E-state index is -0.254. The predicted octanol–water partition coefficient (Wildman–Crippen LogP) is 3.94. The molecule has 29 heavy (non-hydrogen) atoms. The highest BCUT2D eigenvalue weighted by atomic mass is 35.5. The van der Waals surface area contributed by atoms with Gasteiger partial charge in [-0.25, -0.2) is 4.68 Å². The zero-order valence-electron chi connectivity index (χ0n) is 16.1. The van der Waals surface area contributed by atoms with Crippen LogP contribution >= 0.6 is 36.4 Å². The molecule has 0 bridgehead atoms. The Morgan fingerprint density at radius 1 is 1.14 bits per heavy atom. The Balaban J connectivity index is 0.00000150. The molecule has 3 heterocycles. The van der Waals surface area contributed by atoms with Crippen LogP contribution in [0.1, 0.15) is 48.6 Å². The first-order valence-electron chi connectivity index (χ1n) is 9.69. The van der Waals surface area contributed by atoms with Crippen molar-refractivity contribution in [1.29, 1.82) is 0 Å². The van der Waals surface area contributed by atoms with Crippen LogP contribution in [0.2, 0.25) is 5.02 Å². The molecule has 4 rings (SSSR count). The smallest absolute Gasteiger partial charge is 0.277 e. The molecule has 2 N–H and O–H groups in total. The van der Waals surface area contributed by atoms with Crippen LogP contribution in [0.15, 0.2) is 24.4 Å². The normalized spacial score (nSPS) is 17.2. The molecule has 1 aromatic carbocycles. The van der Waals surface area contributed by atoms with Crippen molar-refractivity contribution in [3.63, 3.8) is 0 Å². The van der Waals surface area contributed by atoms with Gasteiger partial charge in [0, 0.05) is 18.1 Å². The largest absolute Gasteiger partial charge is 0.370 e. The maximum absolute atomic E-state index is 12.8. The second-order valence-electron chi connectivity index (χ2n) is 7.23. The van der Waals surface area contributed by atoms with E-state index in [0.717, 1.165) is 50.4 Å². The number of carbonyl (C=O) groups excluding carboxylic acids is 1. The van der Waals surface area contributed by atoms with E-state index in [1.54, 1.807) is 12.3 Å². The maximum Gasteiger partial charge on any atom is 0.277 e. The molecular weight excluding hydrogens is 435 g/mol. The highest BCUT2D eigenvalue weighted by molar-refractivity contribution is 6.31. The van der Waals surface area contributed by atoms with Crippen LogP contribution in [0, 0.1) is 0 Å². The molecule has 10 heteroatoms.